The average Bonchev–Trinajstić information content (AvgIpc) is 2.84. The van der Waals surface area contributed by atoms with Crippen molar-refractivity contribution in [1.82, 2.24) is 14.1 Å². The lowest BCUT2D eigenvalue weighted by Crippen LogP contribution is -2.13. The summed E-state index contributed by atoms with van der Waals surface area (Å²) in [7, 11) is 2.09. The van der Waals surface area contributed by atoms with Crippen LogP contribution in [0.5, 0.6) is 0 Å². The molecule has 2 unspecified atom stereocenters. The second-order valence-corrected chi connectivity index (χ2v) is 7.31. The zero-order valence-corrected chi connectivity index (χ0v) is 11.8. The van der Waals surface area contributed by atoms with E-state index in [0.29, 0.717) is 0 Å². The van der Waals surface area contributed by atoms with Gasteiger partial charge in [-0.1, -0.05) is 6.42 Å². The molecule has 0 spiro atoms. The minimum Gasteiger partial charge on any atom is -0.261 e. The molecule has 2 atom stereocenters. The zero-order chi connectivity index (χ0) is 12.1. The van der Waals surface area contributed by atoms with E-state index >= 15 is 0 Å². The molecule has 2 saturated carbocycles. The largest absolute Gasteiger partial charge is 0.261 e. The van der Waals surface area contributed by atoms with Crippen LogP contribution in [0.2, 0.25) is 0 Å². The first-order valence-corrected chi connectivity index (χ1v) is 8.04. The number of hydrogen-bond donors (Lipinski definition) is 0. The third kappa shape index (κ3) is 1.99. The van der Waals surface area contributed by atoms with Crippen LogP contribution in [-0.4, -0.2) is 27.2 Å². The van der Waals surface area contributed by atoms with Crippen molar-refractivity contribution in [1.29, 1.82) is 0 Å². The predicted molar refractivity (Wildman–Crippen MR) is 73.4 cm³/mol. The molecule has 18 heavy (non-hydrogen) atoms. The lowest BCUT2D eigenvalue weighted by molar-refractivity contribution is 0.494. The number of aryl methyl sites for hydroxylation is 1. The standard InChI is InChI=1S/C14H21N3S/c1-16-14(7-13(15-16)10-5-6-10)18-17-8-11-3-2-4-12(11)9-17/h7,10-12H,2-6,8-9H2,1H3. The molecular formula is C14H21N3S. The molecule has 0 amide bonds. The van der Waals surface area contributed by atoms with Crippen LogP contribution in [0.4, 0.5) is 0 Å². The van der Waals surface area contributed by atoms with Crippen molar-refractivity contribution in [2.24, 2.45) is 18.9 Å². The lowest BCUT2D eigenvalue weighted by atomic mass is 10.0. The summed E-state index contributed by atoms with van der Waals surface area (Å²) in [5.74, 6) is 2.73. The van der Waals surface area contributed by atoms with E-state index in [1.165, 1.54) is 55.9 Å². The first-order chi connectivity index (χ1) is 8.79. The van der Waals surface area contributed by atoms with Crippen molar-refractivity contribution in [3.63, 3.8) is 0 Å². The lowest BCUT2D eigenvalue weighted by Gasteiger charge is -2.14. The zero-order valence-electron chi connectivity index (χ0n) is 11.0. The summed E-state index contributed by atoms with van der Waals surface area (Å²) < 4.78 is 4.65. The predicted octanol–water partition coefficient (Wildman–Crippen LogP) is 3.04. The molecule has 1 aliphatic heterocycles. The summed E-state index contributed by atoms with van der Waals surface area (Å²) >= 11 is 1.93. The van der Waals surface area contributed by atoms with Crippen LogP contribution in [-0.2, 0) is 7.05 Å². The highest BCUT2D eigenvalue weighted by molar-refractivity contribution is 7.97. The van der Waals surface area contributed by atoms with Gasteiger partial charge < -0.3 is 0 Å². The van der Waals surface area contributed by atoms with E-state index in [9.17, 15) is 0 Å². The van der Waals surface area contributed by atoms with E-state index < -0.39 is 0 Å². The van der Waals surface area contributed by atoms with Gasteiger partial charge in [0, 0.05) is 26.1 Å². The van der Waals surface area contributed by atoms with Gasteiger partial charge in [0.2, 0.25) is 0 Å². The van der Waals surface area contributed by atoms with E-state index in [-0.39, 0.29) is 0 Å². The highest BCUT2D eigenvalue weighted by Gasteiger charge is 2.37. The van der Waals surface area contributed by atoms with Gasteiger partial charge in [0.1, 0.15) is 5.03 Å². The van der Waals surface area contributed by atoms with Crippen LogP contribution in [0, 0.1) is 11.8 Å². The minimum absolute atomic E-state index is 0.767. The monoisotopic (exact) mass is 263 g/mol. The van der Waals surface area contributed by atoms with Gasteiger partial charge in [0.05, 0.1) is 5.69 Å². The smallest absolute Gasteiger partial charge is 0.109 e. The van der Waals surface area contributed by atoms with Crippen LogP contribution < -0.4 is 0 Å². The maximum absolute atomic E-state index is 4.66. The van der Waals surface area contributed by atoms with E-state index in [2.05, 4.69) is 27.2 Å². The Kier molecular flexibility index (Phi) is 2.69. The average molecular weight is 263 g/mol. The van der Waals surface area contributed by atoms with Crippen LogP contribution in [0.25, 0.3) is 0 Å². The molecule has 0 aromatic carbocycles. The Hall–Kier alpha value is -0.480. The van der Waals surface area contributed by atoms with Gasteiger partial charge in [0.15, 0.2) is 0 Å². The Morgan fingerprint density at radius 1 is 1.17 bits per heavy atom. The highest BCUT2D eigenvalue weighted by atomic mass is 32.2. The Bertz CT molecular complexity index is 440. The quantitative estimate of drug-likeness (QED) is 0.782. The van der Waals surface area contributed by atoms with E-state index in [0.717, 1.165) is 17.8 Å². The topological polar surface area (TPSA) is 21.1 Å². The summed E-state index contributed by atoms with van der Waals surface area (Å²) in [6, 6.07) is 2.32. The summed E-state index contributed by atoms with van der Waals surface area (Å²) in [6.45, 7) is 2.58. The van der Waals surface area contributed by atoms with Crippen molar-refractivity contribution < 1.29 is 0 Å². The molecule has 0 N–H and O–H groups in total. The highest BCUT2D eigenvalue weighted by Crippen LogP contribution is 2.43. The third-order valence-electron chi connectivity index (χ3n) is 4.77. The number of aromatic nitrogens is 2. The molecule has 0 bridgehead atoms. The minimum atomic E-state index is 0.767. The number of hydrogen-bond acceptors (Lipinski definition) is 3. The summed E-state index contributed by atoms with van der Waals surface area (Å²) in [6.07, 6.45) is 7.07. The van der Waals surface area contributed by atoms with Crippen LogP contribution in [0.15, 0.2) is 11.1 Å². The van der Waals surface area contributed by atoms with E-state index in [1.807, 2.05) is 11.9 Å². The molecule has 4 heteroatoms. The van der Waals surface area contributed by atoms with Crippen molar-refractivity contribution in [3.05, 3.63) is 11.8 Å². The van der Waals surface area contributed by atoms with Gasteiger partial charge in [-0.25, -0.2) is 4.31 Å². The van der Waals surface area contributed by atoms with E-state index in [1.54, 1.807) is 0 Å². The van der Waals surface area contributed by atoms with Crippen molar-refractivity contribution >= 4 is 11.9 Å². The normalized spacial score (nSPS) is 32.1. The molecule has 2 aliphatic carbocycles. The number of nitrogens with zero attached hydrogens (tertiary/aromatic N) is 3. The summed E-state index contributed by atoms with van der Waals surface area (Å²) in [4.78, 5) is 0. The summed E-state index contributed by atoms with van der Waals surface area (Å²) in [5.41, 5.74) is 1.32. The first kappa shape index (κ1) is 11.4. The van der Waals surface area contributed by atoms with Crippen LogP contribution in [0.3, 0.4) is 0 Å². The van der Waals surface area contributed by atoms with Gasteiger partial charge in [-0.05, 0) is 55.5 Å². The second-order valence-electron chi connectivity index (χ2n) is 6.19. The van der Waals surface area contributed by atoms with Crippen LogP contribution >= 0.6 is 11.9 Å². The Balaban J connectivity index is 1.45. The van der Waals surface area contributed by atoms with Crippen molar-refractivity contribution in [2.75, 3.05) is 13.1 Å². The van der Waals surface area contributed by atoms with Crippen LogP contribution in [0.1, 0.15) is 43.7 Å². The maximum atomic E-state index is 4.66. The van der Waals surface area contributed by atoms with Gasteiger partial charge in [-0.3, -0.25) is 4.68 Å². The fourth-order valence-electron chi connectivity index (χ4n) is 3.53. The second kappa shape index (κ2) is 4.27. The van der Waals surface area contributed by atoms with Crippen molar-refractivity contribution in [2.45, 2.75) is 43.0 Å². The van der Waals surface area contributed by atoms with Gasteiger partial charge in [-0.15, -0.1) is 0 Å². The molecule has 1 aromatic heterocycles. The molecule has 0 radical (unpaired) electrons. The van der Waals surface area contributed by atoms with Gasteiger partial charge >= 0.3 is 0 Å². The Labute approximate surface area is 113 Å². The SMILES string of the molecule is Cn1nc(C2CC2)cc1SN1CC2CCCC2C1. The molecule has 1 aromatic rings. The molecule has 3 aliphatic rings. The fourth-order valence-corrected chi connectivity index (χ4v) is 4.66. The maximum Gasteiger partial charge on any atom is 0.109 e. The van der Waals surface area contributed by atoms with E-state index in [4.69, 9.17) is 0 Å². The van der Waals surface area contributed by atoms with Gasteiger partial charge in [-0.2, -0.15) is 5.10 Å². The fraction of sp³-hybridized carbons (Fsp3) is 0.786. The molecule has 3 fully saturated rings. The molecular weight excluding hydrogens is 242 g/mol. The molecule has 4 rings (SSSR count). The molecule has 3 nitrogen and oxygen atoms in total. The number of fused-ring (bicyclic) bond motifs is 1. The molecule has 2 heterocycles. The third-order valence-corrected chi connectivity index (χ3v) is 5.89. The Morgan fingerprint density at radius 3 is 2.56 bits per heavy atom. The van der Waals surface area contributed by atoms with Gasteiger partial charge in [0.25, 0.3) is 0 Å². The van der Waals surface area contributed by atoms with Crippen molar-refractivity contribution in [3.8, 4) is 0 Å². The Morgan fingerprint density at radius 2 is 1.89 bits per heavy atom. The number of rotatable bonds is 3. The molecule has 1 saturated heterocycles. The molecule has 98 valence electrons. The first-order valence-electron chi connectivity index (χ1n) is 7.26. The summed E-state index contributed by atoms with van der Waals surface area (Å²) in [5, 5.41) is 5.99.